The van der Waals surface area contributed by atoms with Crippen molar-refractivity contribution < 1.29 is 9.59 Å². The summed E-state index contributed by atoms with van der Waals surface area (Å²) in [7, 11) is 0. The summed E-state index contributed by atoms with van der Waals surface area (Å²) in [5, 5.41) is 0. The van der Waals surface area contributed by atoms with E-state index in [1.807, 2.05) is 24.3 Å². The van der Waals surface area contributed by atoms with Gasteiger partial charge in [-0.05, 0) is 37.5 Å². The molecule has 2 bridgehead atoms. The van der Waals surface area contributed by atoms with Crippen molar-refractivity contribution in [1.29, 1.82) is 0 Å². The van der Waals surface area contributed by atoms with E-state index in [0.29, 0.717) is 23.0 Å². The lowest BCUT2D eigenvalue weighted by atomic mass is 9.58. The van der Waals surface area contributed by atoms with E-state index in [2.05, 4.69) is 12.2 Å². The Morgan fingerprint density at radius 1 is 0.727 bits per heavy atom. The van der Waals surface area contributed by atoms with Crippen LogP contribution in [0.5, 0.6) is 0 Å². The summed E-state index contributed by atoms with van der Waals surface area (Å²) in [5.74, 6) is 1.21. The SMILES string of the molecule is O=C1c2ccccc2C(=O)C2CC3=C(CC12)C1C=CC3CC1. The third-order valence-corrected chi connectivity index (χ3v) is 6.17. The van der Waals surface area contributed by atoms with Crippen LogP contribution >= 0.6 is 0 Å². The van der Waals surface area contributed by atoms with Crippen molar-refractivity contribution in [2.75, 3.05) is 0 Å². The van der Waals surface area contributed by atoms with Gasteiger partial charge in [-0.25, -0.2) is 0 Å². The lowest BCUT2D eigenvalue weighted by Gasteiger charge is -2.44. The standard InChI is InChI=1S/C20H18O2/c21-19-13-3-1-2-4-14(13)20(22)18-10-16-12-7-5-11(6-8-12)15(16)9-17(18)19/h1-5,7,11-12,17-18H,6,8-10H2. The number of carbonyl (C=O) groups excluding carboxylic acids is 2. The second-order valence-corrected chi connectivity index (χ2v) is 7.12. The fraction of sp³-hybridized carbons (Fsp3) is 0.400. The third-order valence-electron chi connectivity index (χ3n) is 6.17. The molecule has 1 aromatic carbocycles. The molecule has 5 aliphatic rings. The second-order valence-electron chi connectivity index (χ2n) is 7.12. The first-order valence-corrected chi connectivity index (χ1v) is 8.31. The van der Waals surface area contributed by atoms with Crippen LogP contribution < -0.4 is 0 Å². The van der Waals surface area contributed by atoms with E-state index in [0.717, 1.165) is 12.8 Å². The number of hydrogen-bond donors (Lipinski definition) is 0. The van der Waals surface area contributed by atoms with Gasteiger partial charge < -0.3 is 0 Å². The average Bonchev–Trinajstić information content (AvgIpc) is 2.59. The molecule has 0 spiro atoms. The Labute approximate surface area is 129 Å². The Morgan fingerprint density at radius 3 is 1.59 bits per heavy atom. The van der Waals surface area contributed by atoms with Gasteiger partial charge in [0.05, 0.1) is 0 Å². The van der Waals surface area contributed by atoms with Crippen LogP contribution in [-0.4, -0.2) is 11.6 Å². The van der Waals surface area contributed by atoms with E-state index >= 15 is 0 Å². The number of rotatable bonds is 0. The monoisotopic (exact) mass is 290 g/mol. The molecule has 0 saturated heterocycles. The number of allylic oxidation sites excluding steroid dienone is 4. The number of benzene rings is 1. The van der Waals surface area contributed by atoms with Gasteiger partial charge in [-0.15, -0.1) is 0 Å². The molecule has 0 amide bonds. The Morgan fingerprint density at radius 2 is 1.18 bits per heavy atom. The molecule has 0 radical (unpaired) electrons. The number of Topliss-reactive ketones (excluding diaryl/α,β-unsaturated/α-hetero) is 2. The normalized spacial score (nSPS) is 35.3. The Bertz CT molecular complexity index is 705. The van der Waals surface area contributed by atoms with Crippen molar-refractivity contribution >= 4 is 11.6 Å². The minimum absolute atomic E-state index is 0.117. The molecule has 4 atom stereocenters. The molecule has 1 aromatic rings. The molecule has 22 heavy (non-hydrogen) atoms. The van der Waals surface area contributed by atoms with Crippen molar-refractivity contribution in [1.82, 2.24) is 0 Å². The molecule has 2 heteroatoms. The smallest absolute Gasteiger partial charge is 0.167 e. The van der Waals surface area contributed by atoms with Gasteiger partial charge in [0.1, 0.15) is 0 Å². The van der Waals surface area contributed by atoms with Crippen molar-refractivity contribution in [3.8, 4) is 0 Å². The highest BCUT2D eigenvalue weighted by atomic mass is 16.1. The maximum Gasteiger partial charge on any atom is 0.167 e. The predicted octanol–water partition coefficient (Wildman–Crippen LogP) is 3.98. The van der Waals surface area contributed by atoms with Crippen molar-refractivity contribution in [2.24, 2.45) is 23.7 Å². The number of carbonyl (C=O) groups is 2. The van der Waals surface area contributed by atoms with E-state index in [9.17, 15) is 9.59 Å². The lowest BCUT2D eigenvalue weighted by molar-refractivity contribution is 0.0710. The molecular formula is C20H18O2. The quantitative estimate of drug-likeness (QED) is 0.677. The second kappa shape index (κ2) is 4.28. The fourth-order valence-electron chi connectivity index (χ4n) is 5.06. The highest BCUT2D eigenvalue weighted by Crippen LogP contribution is 2.52. The highest BCUT2D eigenvalue weighted by molar-refractivity contribution is 6.16. The zero-order valence-electron chi connectivity index (χ0n) is 12.4. The highest BCUT2D eigenvalue weighted by Gasteiger charge is 2.47. The first kappa shape index (κ1) is 12.6. The first-order chi connectivity index (χ1) is 10.7. The topological polar surface area (TPSA) is 34.1 Å². The van der Waals surface area contributed by atoms with Crippen LogP contribution in [-0.2, 0) is 0 Å². The zero-order valence-corrected chi connectivity index (χ0v) is 12.4. The van der Waals surface area contributed by atoms with E-state index in [4.69, 9.17) is 0 Å². The van der Waals surface area contributed by atoms with Crippen molar-refractivity contribution in [2.45, 2.75) is 25.7 Å². The van der Waals surface area contributed by atoms with Crippen molar-refractivity contribution in [3.63, 3.8) is 0 Å². The Hall–Kier alpha value is -1.96. The molecule has 6 rings (SSSR count). The van der Waals surface area contributed by atoms with E-state index in [-0.39, 0.29) is 23.4 Å². The van der Waals surface area contributed by atoms with Gasteiger partial charge in [0.15, 0.2) is 11.6 Å². The summed E-state index contributed by atoms with van der Waals surface area (Å²) in [4.78, 5) is 25.8. The average molecular weight is 290 g/mol. The van der Waals surface area contributed by atoms with Gasteiger partial charge in [-0.2, -0.15) is 0 Å². The molecule has 110 valence electrons. The Kier molecular flexibility index (Phi) is 2.45. The largest absolute Gasteiger partial charge is 0.294 e. The lowest BCUT2D eigenvalue weighted by Crippen LogP contribution is -2.42. The molecule has 4 unspecified atom stereocenters. The van der Waals surface area contributed by atoms with Crippen LogP contribution in [0.3, 0.4) is 0 Å². The zero-order chi connectivity index (χ0) is 14.8. The molecule has 0 aliphatic heterocycles. The van der Waals surface area contributed by atoms with Crippen LogP contribution in [0.15, 0.2) is 47.6 Å². The number of hydrogen-bond acceptors (Lipinski definition) is 2. The van der Waals surface area contributed by atoms with Gasteiger partial charge in [-0.3, -0.25) is 9.59 Å². The number of ketones is 2. The van der Waals surface area contributed by atoms with Gasteiger partial charge >= 0.3 is 0 Å². The molecular weight excluding hydrogens is 272 g/mol. The van der Waals surface area contributed by atoms with Crippen LogP contribution in [0, 0.1) is 23.7 Å². The number of fused-ring (bicyclic) bond motifs is 3. The minimum Gasteiger partial charge on any atom is -0.294 e. The maximum absolute atomic E-state index is 12.9. The molecule has 2 nitrogen and oxygen atoms in total. The van der Waals surface area contributed by atoms with E-state index < -0.39 is 0 Å². The minimum atomic E-state index is -0.117. The summed E-state index contributed by atoms with van der Waals surface area (Å²) in [6.07, 6.45) is 8.72. The Balaban J connectivity index is 1.61. The van der Waals surface area contributed by atoms with Crippen LogP contribution in [0.4, 0.5) is 0 Å². The summed E-state index contributed by atoms with van der Waals surface area (Å²) < 4.78 is 0. The van der Waals surface area contributed by atoms with Gasteiger partial charge in [0, 0.05) is 23.0 Å². The fourth-order valence-corrected chi connectivity index (χ4v) is 5.06. The summed E-state index contributed by atoms with van der Waals surface area (Å²) in [6.45, 7) is 0. The third kappa shape index (κ3) is 1.50. The van der Waals surface area contributed by atoms with Gasteiger partial charge in [0.2, 0.25) is 0 Å². The van der Waals surface area contributed by atoms with Gasteiger partial charge in [0.25, 0.3) is 0 Å². The van der Waals surface area contributed by atoms with Crippen LogP contribution in [0.2, 0.25) is 0 Å². The van der Waals surface area contributed by atoms with E-state index in [1.54, 1.807) is 0 Å². The van der Waals surface area contributed by atoms with E-state index in [1.165, 1.54) is 24.0 Å². The van der Waals surface area contributed by atoms with Crippen molar-refractivity contribution in [3.05, 3.63) is 58.7 Å². The summed E-state index contributed by atoms with van der Waals surface area (Å²) in [6, 6.07) is 7.37. The first-order valence-electron chi connectivity index (χ1n) is 8.31. The van der Waals surface area contributed by atoms with Crippen LogP contribution in [0.25, 0.3) is 0 Å². The van der Waals surface area contributed by atoms with Gasteiger partial charge in [-0.1, -0.05) is 47.6 Å². The molecule has 0 heterocycles. The molecule has 0 aromatic heterocycles. The summed E-state index contributed by atoms with van der Waals surface area (Å²) >= 11 is 0. The predicted molar refractivity (Wildman–Crippen MR) is 83.7 cm³/mol. The van der Waals surface area contributed by atoms with Crippen LogP contribution in [0.1, 0.15) is 46.4 Å². The molecule has 0 N–H and O–H groups in total. The summed E-state index contributed by atoms with van der Waals surface area (Å²) in [5.41, 5.74) is 4.27. The molecule has 0 saturated carbocycles. The maximum atomic E-state index is 12.9. The molecule has 5 aliphatic carbocycles. The molecule has 0 fully saturated rings.